The third-order valence-electron chi connectivity index (χ3n) is 4.18. The Morgan fingerprint density at radius 1 is 1.30 bits per heavy atom. The highest BCUT2D eigenvalue weighted by atomic mass is 35.5. The summed E-state index contributed by atoms with van der Waals surface area (Å²) < 4.78 is 7.06. The molecule has 2 aromatic rings. The zero-order valence-corrected chi connectivity index (χ0v) is 13.8. The Kier molecular flexibility index (Phi) is 3.90. The number of aromatic nitrogens is 5. The molecule has 2 aromatic heterocycles. The van der Waals surface area contributed by atoms with E-state index < -0.39 is 0 Å². The van der Waals surface area contributed by atoms with Crippen LogP contribution < -0.4 is 5.32 Å². The average molecular weight is 335 g/mol. The van der Waals surface area contributed by atoms with Gasteiger partial charge in [0.15, 0.2) is 5.82 Å². The Morgan fingerprint density at radius 3 is 2.96 bits per heavy atom. The van der Waals surface area contributed by atoms with Gasteiger partial charge < -0.3 is 10.1 Å². The van der Waals surface area contributed by atoms with Gasteiger partial charge in [-0.3, -0.25) is 0 Å². The summed E-state index contributed by atoms with van der Waals surface area (Å²) in [5, 5.41) is 8.46. The molecule has 8 heteroatoms. The lowest BCUT2D eigenvalue weighted by atomic mass is 10.1. The van der Waals surface area contributed by atoms with Crippen LogP contribution in [-0.2, 0) is 24.3 Å². The fourth-order valence-electron chi connectivity index (χ4n) is 2.91. The lowest BCUT2D eigenvalue weighted by Gasteiger charge is -2.24. The molecule has 1 fully saturated rings. The number of ether oxygens (including phenoxy) is 1. The number of fused-ring (bicyclic) bond motifs is 1. The zero-order valence-electron chi connectivity index (χ0n) is 13.0. The van der Waals surface area contributed by atoms with Gasteiger partial charge in [0.2, 0.25) is 0 Å². The molecule has 1 N–H and O–H groups in total. The van der Waals surface area contributed by atoms with Crippen molar-refractivity contribution in [3.8, 4) is 0 Å². The van der Waals surface area contributed by atoms with Crippen molar-refractivity contribution in [1.29, 1.82) is 0 Å². The maximum Gasteiger partial charge on any atom is 0.176 e. The fourth-order valence-corrected chi connectivity index (χ4v) is 3.10. The second-order valence-electron chi connectivity index (χ2n) is 6.15. The molecule has 7 nitrogen and oxygen atoms in total. The third-order valence-corrected chi connectivity index (χ3v) is 4.38. The first-order chi connectivity index (χ1) is 11.2. The van der Waals surface area contributed by atoms with Gasteiger partial charge in [-0.15, -0.1) is 0 Å². The number of hydrogen-bond acceptors (Lipinski definition) is 6. The number of hydrogen-bond donors (Lipinski definition) is 1. The SMILES string of the molecule is COCc1nc2n(n1)CC(Nc1cc(Cl)nc(C3CC3)n1)CC2. The van der Waals surface area contributed by atoms with Crippen LogP contribution in [0.3, 0.4) is 0 Å². The number of nitrogens with zero attached hydrogens (tertiary/aromatic N) is 5. The summed E-state index contributed by atoms with van der Waals surface area (Å²) in [4.78, 5) is 13.4. The van der Waals surface area contributed by atoms with Crippen LogP contribution in [0.4, 0.5) is 5.82 Å². The third kappa shape index (κ3) is 3.30. The lowest BCUT2D eigenvalue weighted by Crippen LogP contribution is -2.32. The molecular formula is C15H19ClN6O. The molecule has 1 aliphatic carbocycles. The maximum absolute atomic E-state index is 6.13. The summed E-state index contributed by atoms with van der Waals surface area (Å²) in [6, 6.07) is 2.05. The molecule has 4 rings (SSSR count). The van der Waals surface area contributed by atoms with Gasteiger partial charge in [0.1, 0.15) is 29.2 Å². The summed E-state index contributed by atoms with van der Waals surface area (Å²) in [6.45, 7) is 1.22. The minimum absolute atomic E-state index is 0.262. The number of rotatable bonds is 5. The number of aryl methyl sites for hydroxylation is 1. The molecule has 2 aliphatic rings. The minimum atomic E-state index is 0.262. The minimum Gasteiger partial charge on any atom is -0.377 e. The molecule has 122 valence electrons. The Labute approximate surface area is 139 Å². The van der Waals surface area contributed by atoms with E-state index >= 15 is 0 Å². The number of methoxy groups -OCH3 is 1. The predicted molar refractivity (Wildman–Crippen MR) is 85.5 cm³/mol. The first-order valence-electron chi connectivity index (χ1n) is 7.94. The van der Waals surface area contributed by atoms with E-state index in [4.69, 9.17) is 16.3 Å². The Bertz CT molecular complexity index is 714. The summed E-state index contributed by atoms with van der Waals surface area (Å²) in [5.74, 6) is 3.91. The summed E-state index contributed by atoms with van der Waals surface area (Å²) in [6.07, 6.45) is 4.20. The smallest absolute Gasteiger partial charge is 0.176 e. The Hall–Kier alpha value is -1.73. The average Bonchev–Trinajstić information content (AvgIpc) is 3.28. The monoisotopic (exact) mass is 334 g/mol. The second-order valence-corrected chi connectivity index (χ2v) is 6.53. The highest BCUT2D eigenvalue weighted by Crippen LogP contribution is 2.38. The van der Waals surface area contributed by atoms with E-state index in [-0.39, 0.29) is 6.04 Å². The van der Waals surface area contributed by atoms with E-state index in [1.54, 1.807) is 13.2 Å². The molecule has 1 atom stereocenters. The molecule has 1 unspecified atom stereocenters. The molecule has 0 aromatic carbocycles. The first-order valence-corrected chi connectivity index (χ1v) is 8.31. The van der Waals surface area contributed by atoms with Crippen LogP contribution in [0.5, 0.6) is 0 Å². The van der Waals surface area contributed by atoms with Gasteiger partial charge in [0.25, 0.3) is 0 Å². The van der Waals surface area contributed by atoms with Crippen molar-refractivity contribution in [2.45, 2.75) is 50.8 Å². The quantitative estimate of drug-likeness (QED) is 0.844. The summed E-state index contributed by atoms with van der Waals surface area (Å²) in [7, 11) is 1.65. The van der Waals surface area contributed by atoms with Crippen molar-refractivity contribution < 1.29 is 4.74 Å². The summed E-state index contributed by atoms with van der Waals surface area (Å²) >= 11 is 6.13. The van der Waals surface area contributed by atoms with Gasteiger partial charge in [-0.25, -0.2) is 19.6 Å². The van der Waals surface area contributed by atoms with Crippen molar-refractivity contribution in [3.05, 3.63) is 28.7 Å². The van der Waals surface area contributed by atoms with Gasteiger partial charge in [0, 0.05) is 31.6 Å². The Balaban J connectivity index is 1.47. The van der Waals surface area contributed by atoms with Crippen molar-refractivity contribution >= 4 is 17.4 Å². The van der Waals surface area contributed by atoms with Crippen LogP contribution in [0.25, 0.3) is 0 Å². The van der Waals surface area contributed by atoms with Crippen molar-refractivity contribution in [2.75, 3.05) is 12.4 Å². The van der Waals surface area contributed by atoms with E-state index in [2.05, 4.69) is 25.4 Å². The lowest BCUT2D eigenvalue weighted by molar-refractivity contribution is 0.177. The second kappa shape index (κ2) is 6.05. The Morgan fingerprint density at radius 2 is 2.17 bits per heavy atom. The van der Waals surface area contributed by atoms with Crippen LogP contribution in [0.2, 0.25) is 5.15 Å². The molecule has 0 amide bonds. The number of nitrogens with one attached hydrogen (secondary N) is 1. The van der Waals surface area contributed by atoms with Crippen LogP contribution in [0.1, 0.15) is 42.7 Å². The van der Waals surface area contributed by atoms with Gasteiger partial charge >= 0.3 is 0 Å². The normalized spacial score (nSPS) is 20.3. The molecule has 1 aliphatic heterocycles. The number of anilines is 1. The molecular weight excluding hydrogens is 316 g/mol. The van der Waals surface area contributed by atoms with Gasteiger partial charge in [-0.05, 0) is 19.3 Å². The molecule has 0 bridgehead atoms. The van der Waals surface area contributed by atoms with Crippen LogP contribution >= 0.6 is 11.6 Å². The van der Waals surface area contributed by atoms with Crippen LogP contribution in [0, 0.1) is 0 Å². The highest BCUT2D eigenvalue weighted by Gasteiger charge is 2.28. The highest BCUT2D eigenvalue weighted by molar-refractivity contribution is 6.29. The van der Waals surface area contributed by atoms with Gasteiger partial charge in [0.05, 0.1) is 6.54 Å². The maximum atomic E-state index is 6.13. The van der Waals surface area contributed by atoms with E-state index in [9.17, 15) is 0 Å². The topological polar surface area (TPSA) is 77.8 Å². The zero-order chi connectivity index (χ0) is 15.8. The molecule has 1 saturated carbocycles. The van der Waals surface area contributed by atoms with E-state index in [0.29, 0.717) is 17.7 Å². The molecule has 3 heterocycles. The number of halogens is 1. The molecule has 23 heavy (non-hydrogen) atoms. The van der Waals surface area contributed by atoms with Gasteiger partial charge in [-0.1, -0.05) is 11.6 Å². The van der Waals surface area contributed by atoms with E-state index in [0.717, 1.165) is 55.5 Å². The van der Waals surface area contributed by atoms with E-state index in [1.807, 2.05) is 4.68 Å². The summed E-state index contributed by atoms with van der Waals surface area (Å²) in [5.41, 5.74) is 0. The molecule has 0 spiro atoms. The molecule has 0 saturated heterocycles. The van der Waals surface area contributed by atoms with Crippen molar-refractivity contribution in [2.24, 2.45) is 0 Å². The van der Waals surface area contributed by atoms with Crippen molar-refractivity contribution in [1.82, 2.24) is 24.7 Å². The van der Waals surface area contributed by atoms with E-state index in [1.165, 1.54) is 0 Å². The molecule has 0 radical (unpaired) electrons. The largest absolute Gasteiger partial charge is 0.377 e. The van der Waals surface area contributed by atoms with Crippen molar-refractivity contribution in [3.63, 3.8) is 0 Å². The fraction of sp³-hybridized carbons (Fsp3) is 0.600. The van der Waals surface area contributed by atoms with Crippen LogP contribution in [0.15, 0.2) is 6.07 Å². The first kappa shape index (κ1) is 14.8. The van der Waals surface area contributed by atoms with Crippen LogP contribution in [-0.4, -0.2) is 37.9 Å². The van der Waals surface area contributed by atoms with Gasteiger partial charge in [-0.2, -0.15) is 5.10 Å². The predicted octanol–water partition coefficient (Wildman–Crippen LogP) is 2.17. The standard InChI is InChI=1S/C15H19ClN6O/c1-23-8-13-19-14-5-4-10(7-22(14)21-13)17-12-6-11(16)18-15(20-12)9-2-3-9/h6,9-10H,2-5,7-8H2,1H3,(H,17,18,20).